The van der Waals surface area contributed by atoms with Crippen LogP contribution in [0.2, 0.25) is 0 Å². The molecular formula is C12H20N2O4S2. The van der Waals surface area contributed by atoms with E-state index < -0.39 is 21.7 Å². The summed E-state index contributed by atoms with van der Waals surface area (Å²) < 4.78 is 26.3. The lowest BCUT2D eigenvalue weighted by Crippen LogP contribution is -2.35. The number of sulfonamides is 1. The van der Waals surface area contributed by atoms with Crippen molar-refractivity contribution in [3.63, 3.8) is 0 Å². The number of carboxylic acids is 1. The van der Waals surface area contributed by atoms with Gasteiger partial charge in [-0.3, -0.25) is 0 Å². The van der Waals surface area contributed by atoms with E-state index in [1.165, 1.54) is 9.82 Å². The van der Waals surface area contributed by atoms with Crippen molar-refractivity contribution in [2.45, 2.75) is 37.8 Å². The number of hydrogen-bond acceptors (Lipinski definition) is 5. The summed E-state index contributed by atoms with van der Waals surface area (Å²) in [7, 11) is -3.79. The van der Waals surface area contributed by atoms with Crippen LogP contribution >= 0.6 is 11.3 Å². The molecule has 0 bridgehead atoms. The molecule has 20 heavy (non-hydrogen) atoms. The highest BCUT2D eigenvalue weighted by Crippen LogP contribution is 2.25. The number of carbonyl (C=O) groups is 1. The minimum atomic E-state index is -3.79. The van der Waals surface area contributed by atoms with Crippen LogP contribution in [0.25, 0.3) is 0 Å². The Hall–Kier alpha value is -0.990. The van der Waals surface area contributed by atoms with Crippen LogP contribution in [-0.2, 0) is 10.0 Å². The number of thiazole rings is 1. The second kappa shape index (κ2) is 7.14. The molecule has 0 atom stereocenters. The van der Waals surface area contributed by atoms with E-state index in [1.807, 2.05) is 13.8 Å². The van der Waals surface area contributed by atoms with Gasteiger partial charge in [0.25, 0.3) is 10.0 Å². The molecule has 1 aromatic heterocycles. The maximum atomic E-state index is 12.6. The van der Waals surface area contributed by atoms with Gasteiger partial charge in [-0.05, 0) is 5.92 Å². The monoisotopic (exact) mass is 320 g/mol. The highest BCUT2D eigenvalue weighted by molar-refractivity contribution is 7.91. The van der Waals surface area contributed by atoms with Crippen molar-refractivity contribution in [1.29, 1.82) is 0 Å². The number of aromatic nitrogens is 1. The summed E-state index contributed by atoms with van der Waals surface area (Å²) in [6.45, 7) is 6.51. The molecule has 0 unspecified atom stereocenters. The van der Waals surface area contributed by atoms with Gasteiger partial charge in [0.2, 0.25) is 0 Å². The standard InChI is InChI=1S/C12H20N2O4S2/c1-4-9(5-2)7-14(6-3)20(17,18)12-10(11(15)16)13-8-19-12/h8-9H,4-7H2,1-3H3,(H,15,16). The molecule has 0 aliphatic heterocycles. The lowest BCUT2D eigenvalue weighted by Gasteiger charge is -2.24. The summed E-state index contributed by atoms with van der Waals surface area (Å²) in [4.78, 5) is 14.7. The van der Waals surface area contributed by atoms with Crippen LogP contribution in [-0.4, -0.2) is 41.9 Å². The minimum absolute atomic E-state index is 0.183. The number of carboxylic acid groups (broad SMARTS) is 1. The van der Waals surface area contributed by atoms with Crippen LogP contribution in [0.15, 0.2) is 9.72 Å². The van der Waals surface area contributed by atoms with Crippen molar-refractivity contribution < 1.29 is 18.3 Å². The number of nitrogens with zero attached hydrogens (tertiary/aromatic N) is 2. The van der Waals surface area contributed by atoms with Gasteiger partial charge in [0.05, 0.1) is 5.51 Å². The third-order valence-corrected chi connectivity index (χ3v) is 6.57. The van der Waals surface area contributed by atoms with Gasteiger partial charge in [0.1, 0.15) is 0 Å². The topological polar surface area (TPSA) is 87.6 Å². The molecule has 1 rings (SSSR count). The quantitative estimate of drug-likeness (QED) is 0.794. The molecule has 6 nitrogen and oxygen atoms in total. The van der Waals surface area contributed by atoms with Gasteiger partial charge in [-0.2, -0.15) is 4.31 Å². The lowest BCUT2D eigenvalue weighted by atomic mass is 10.0. The Morgan fingerprint density at radius 3 is 2.45 bits per heavy atom. The van der Waals surface area contributed by atoms with Crippen molar-refractivity contribution in [1.82, 2.24) is 9.29 Å². The highest BCUT2D eigenvalue weighted by Gasteiger charge is 2.31. The summed E-state index contributed by atoms with van der Waals surface area (Å²) in [5.41, 5.74) is 0.861. The molecule has 1 heterocycles. The summed E-state index contributed by atoms with van der Waals surface area (Å²) in [6.07, 6.45) is 1.77. The molecule has 0 amide bonds. The van der Waals surface area contributed by atoms with Crippen LogP contribution in [0.1, 0.15) is 44.1 Å². The van der Waals surface area contributed by atoms with Crippen LogP contribution in [0, 0.1) is 5.92 Å². The molecule has 0 radical (unpaired) electrons. The van der Waals surface area contributed by atoms with E-state index in [4.69, 9.17) is 5.11 Å². The maximum absolute atomic E-state index is 12.6. The van der Waals surface area contributed by atoms with Gasteiger partial charge >= 0.3 is 5.97 Å². The highest BCUT2D eigenvalue weighted by atomic mass is 32.2. The zero-order valence-corrected chi connectivity index (χ0v) is 13.5. The molecule has 0 saturated heterocycles. The third-order valence-electron chi connectivity index (χ3n) is 3.28. The van der Waals surface area contributed by atoms with Crippen LogP contribution in [0.5, 0.6) is 0 Å². The zero-order valence-electron chi connectivity index (χ0n) is 11.9. The Morgan fingerprint density at radius 1 is 1.40 bits per heavy atom. The first kappa shape index (κ1) is 17.1. The molecule has 0 spiro atoms. The largest absolute Gasteiger partial charge is 0.476 e. The fourth-order valence-electron chi connectivity index (χ4n) is 1.91. The van der Waals surface area contributed by atoms with Crippen molar-refractivity contribution in [3.05, 3.63) is 11.2 Å². The smallest absolute Gasteiger partial charge is 0.356 e. The van der Waals surface area contributed by atoms with E-state index in [1.54, 1.807) is 6.92 Å². The fourth-order valence-corrected chi connectivity index (χ4v) is 4.71. The molecule has 0 saturated carbocycles. The molecular weight excluding hydrogens is 300 g/mol. The minimum Gasteiger partial charge on any atom is -0.476 e. The van der Waals surface area contributed by atoms with Gasteiger partial charge in [0, 0.05) is 13.1 Å². The average Bonchev–Trinajstić information content (AvgIpc) is 2.90. The van der Waals surface area contributed by atoms with E-state index in [2.05, 4.69) is 4.98 Å². The lowest BCUT2D eigenvalue weighted by molar-refractivity contribution is 0.0687. The zero-order chi connectivity index (χ0) is 15.3. The normalized spacial score (nSPS) is 12.2. The van der Waals surface area contributed by atoms with E-state index in [-0.39, 0.29) is 10.1 Å². The molecule has 1 aromatic rings. The van der Waals surface area contributed by atoms with Crippen molar-refractivity contribution in [3.8, 4) is 0 Å². The van der Waals surface area contributed by atoms with Gasteiger partial charge in [0.15, 0.2) is 9.90 Å². The molecule has 0 aliphatic rings. The summed E-state index contributed by atoms with van der Waals surface area (Å²) >= 11 is 0.849. The second-order valence-electron chi connectivity index (χ2n) is 4.43. The van der Waals surface area contributed by atoms with E-state index in [0.29, 0.717) is 13.1 Å². The number of rotatable bonds is 8. The van der Waals surface area contributed by atoms with Crippen molar-refractivity contribution in [2.75, 3.05) is 13.1 Å². The predicted molar refractivity (Wildman–Crippen MR) is 77.6 cm³/mol. The Labute approximate surface area is 123 Å². The predicted octanol–water partition coefficient (Wildman–Crippen LogP) is 2.29. The van der Waals surface area contributed by atoms with Crippen LogP contribution < -0.4 is 0 Å². The molecule has 0 aliphatic carbocycles. The number of aromatic carboxylic acids is 1. The fraction of sp³-hybridized carbons (Fsp3) is 0.667. The summed E-state index contributed by atoms with van der Waals surface area (Å²) in [5.74, 6) is -1.05. The number of hydrogen-bond donors (Lipinski definition) is 1. The van der Waals surface area contributed by atoms with Gasteiger partial charge < -0.3 is 5.11 Å². The van der Waals surface area contributed by atoms with E-state index in [9.17, 15) is 13.2 Å². The van der Waals surface area contributed by atoms with Crippen molar-refractivity contribution in [2.24, 2.45) is 5.92 Å². The first-order valence-electron chi connectivity index (χ1n) is 6.55. The molecule has 1 N–H and O–H groups in total. The molecule has 0 aromatic carbocycles. The van der Waals surface area contributed by atoms with E-state index in [0.717, 1.165) is 24.2 Å². The summed E-state index contributed by atoms with van der Waals surface area (Å²) in [6, 6.07) is 0. The molecule has 0 fully saturated rings. The van der Waals surface area contributed by atoms with Crippen LogP contribution in [0.3, 0.4) is 0 Å². The Bertz CT molecular complexity index is 550. The second-order valence-corrected chi connectivity index (χ2v) is 7.42. The van der Waals surface area contributed by atoms with Gasteiger partial charge in [-0.25, -0.2) is 18.2 Å². The van der Waals surface area contributed by atoms with Gasteiger partial charge in [-0.1, -0.05) is 33.6 Å². The Morgan fingerprint density at radius 2 is 2.00 bits per heavy atom. The Balaban J connectivity index is 3.12. The molecule has 114 valence electrons. The van der Waals surface area contributed by atoms with Gasteiger partial charge in [-0.15, -0.1) is 11.3 Å². The first-order valence-corrected chi connectivity index (χ1v) is 8.87. The molecule has 8 heteroatoms. The average molecular weight is 320 g/mol. The Kier molecular flexibility index (Phi) is 6.09. The third kappa shape index (κ3) is 3.56. The first-order chi connectivity index (χ1) is 9.38. The maximum Gasteiger partial charge on any atom is 0.356 e. The SMILES string of the molecule is CCC(CC)CN(CC)S(=O)(=O)c1scnc1C(=O)O. The van der Waals surface area contributed by atoms with Crippen molar-refractivity contribution >= 4 is 27.3 Å². The van der Waals surface area contributed by atoms with Crippen LogP contribution in [0.4, 0.5) is 0 Å². The summed E-state index contributed by atoms with van der Waals surface area (Å²) in [5, 5.41) is 9.01. The van der Waals surface area contributed by atoms with E-state index >= 15 is 0 Å².